The first-order valence-electron chi connectivity index (χ1n) is 4.84. The molecular formula is C13H9ClO. The normalized spacial score (nSPS) is 17.3. The number of hydrogen-bond acceptors (Lipinski definition) is 1. The second-order valence-corrected chi connectivity index (χ2v) is 4.16. The summed E-state index contributed by atoms with van der Waals surface area (Å²) in [5, 5.41) is 10.8. The second kappa shape index (κ2) is 3.09. The van der Waals surface area contributed by atoms with Crippen molar-refractivity contribution >= 4 is 11.6 Å². The Hall–Kier alpha value is -1.31. The van der Waals surface area contributed by atoms with Crippen molar-refractivity contribution in [2.75, 3.05) is 0 Å². The molecular weight excluding hydrogens is 208 g/mol. The van der Waals surface area contributed by atoms with Gasteiger partial charge in [0, 0.05) is 5.02 Å². The van der Waals surface area contributed by atoms with Gasteiger partial charge in [-0.15, -0.1) is 0 Å². The van der Waals surface area contributed by atoms with Crippen LogP contribution in [-0.2, 0) is 0 Å². The predicted molar refractivity (Wildman–Crippen MR) is 60.9 cm³/mol. The van der Waals surface area contributed by atoms with E-state index in [1.165, 1.54) is 0 Å². The molecule has 0 fully saturated rings. The van der Waals surface area contributed by atoms with E-state index in [-0.39, 0.29) is 0 Å². The predicted octanol–water partition coefficient (Wildman–Crippen LogP) is 3.40. The van der Waals surface area contributed by atoms with Crippen molar-refractivity contribution in [3.63, 3.8) is 0 Å². The Balaban J connectivity index is 2.32. The number of aliphatic hydroxyl groups excluding tert-OH is 1. The van der Waals surface area contributed by atoms with Crippen LogP contribution in [0.2, 0.25) is 5.02 Å². The van der Waals surface area contributed by atoms with Gasteiger partial charge >= 0.3 is 0 Å². The highest BCUT2D eigenvalue weighted by atomic mass is 35.5. The van der Waals surface area contributed by atoms with Crippen LogP contribution in [0.15, 0.2) is 42.5 Å². The first kappa shape index (κ1) is 8.96. The van der Waals surface area contributed by atoms with Gasteiger partial charge in [0.25, 0.3) is 0 Å². The molecule has 2 aromatic rings. The first-order chi connectivity index (χ1) is 7.27. The highest BCUT2D eigenvalue weighted by molar-refractivity contribution is 6.30. The number of fused-ring (bicyclic) bond motifs is 3. The van der Waals surface area contributed by atoms with Crippen molar-refractivity contribution in [3.05, 3.63) is 58.6 Å². The summed E-state index contributed by atoms with van der Waals surface area (Å²) < 4.78 is 0. The van der Waals surface area contributed by atoms with Gasteiger partial charge in [-0.3, -0.25) is 0 Å². The zero-order chi connectivity index (χ0) is 10.4. The van der Waals surface area contributed by atoms with E-state index in [2.05, 4.69) is 0 Å². The molecule has 74 valence electrons. The van der Waals surface area contributed by atoms with Crippen LogP contribution in [0.3, 0.4) is 0 Å². The fourth-order valence-electron chi connectivity index (χ4n) is 2.15. The van der Waals surface area contributed by atoms with E-state index in [1.807, 2.05) is 42.5 Å². The number of rotatable bonds is 0. The van der Waals surface area contributed by atoms with E-state index in [1.54, 1.807) is 0 Å². The highest BCUT2D eigenvalue weighted by Crippen LogP contribution is 2.43. The van der Waals surface area contributed by atoms with Crippen LogP contribution in [0.5, 0.6) is 0 Å². The average Bonchev–Trinajstić information content (AvgIpc) is 2.54. The molecule has 0 saturated heterocycles. The van der Waals surface area contributed by atoms with E-state index >= 15 is 0 Å². The fraction of sp³-hybridized carbons (Fsp3) is 0.0769. The topological polar surface area (TPSA) is 20.2 Å². The fourth-order valence-corrected chi connectivity index (χ4v) is 2.33. The van der Waals surface area contributed by atoms with Crippen LogP contribution in [0.4, 0.5) is 0 Å². The third-order valence-electron chi connectivity index (χ3n) is 2.85. The van der Waals surface area contributed by atoms with E-state index < -0.39 is 6.10 Å². The van der Waals surface area contributed by atoms with Gasteiger partial charge in [-0.25, -0.2) is 0 Å². The Labute approximate surface area is 92.9 Å². The van der Waals surface area contributed by atoms with E-state index in [4.69, 9.17) is 11.6 Å². The summed E-state index contributed by atoms with van der Waals surface area (Å²) in [5.41, 5.74) is 4.07. The van der Waals surface area contributed by atoms with E-state index in [0.29, 0.717) is 5.02 Å². The lowest BCUT2D eigenvalue weighted by atomic mass is 10.1. The molecule has 2 heteroatoms. The Morgan fingerprint density at radius 1 is 0.933 bits per heavy atom. The summed E-state index contributed by atoms with van der Waals surface area (Å²) in [6, 6.07) is 13.6. The molecule has 0 amide bonds. The van der Waals surface area contributed by atoms with Crippen LogP contribution in [0.1, 0.15) is 17.2 Å². The number of halogens is 1. The summed E-state index contributed by atoms with van der Waals surface area (Å²) >= 11 is 5.92. The molecule has 1 aliphatic rings. The molecule has 0 heterocycles. The van der Waals surface area contributed by atoms with Crippen molar-refractivity contribution in [2.24, 2.45) is 0 Å². The highest BCUT2D eigenvalue weighted by Gasteiger charge is 2.26. The van der Waals surface area contributed by atoms with Crippen LogP contribution in [0, 0.1) is 0 Å². The Morgan fingerprint density at radius 2 is 1.67 bits per heavy atom. The second-order valence-electron chi connectivity index (χ2n) is 3.72. The molecule has 2 aromatic carbocycles. The third kappa shape index (κ3) is 1.21. The molecule has 0 bridgehead atoms. The lowest BCUT2D eigenvalue weighted by Gasteiger charge is -2.04. The molecule has 0 aromatic heterocycles. The molecule has 0 saturated carbocycles. The van der Waals surface area contributed by atoms with Gasteiger partial charge in [0.05, 0.1) is 0 Å². The van der Waals surface area contributed by atoms with Crippen molar-refractivity contribution in [3.8, 4) is 11.1 Å². The van der Waals surface area contributed by atoms with E-state index in [9.17, 15) is 5.11 Å². The molecule has 15 heavy (non-hydrogen) atoms. The molecule has 1 unspecified atom stereocenters. The van der Waals surface area contributed by atoms with Gasteiger partial charge in [0.15, 0.2) is 0 Å². The van der Waals surface area contributed by atoms with Crippen LogP contribution >= 0.6 is 11.6 Å². The van der Waals surface area contributed by atoms with Gasteiger partial charge in [-0.1, -0.05) is 41.9 Å². The molecule has 1 nitrogen and oxygen atoms in total. The Kier molecular flexibility index (Phi) is 1.84. The number of aliphatic hydroxyl groups is 1. The smallest absolute Gasteiger partial charge is 0.105 e. The maximum absolute atomic E-state index is 10.1. The van der Waals surface area contributed by atoms with Crippen LogP contribution < -0.4 is 0 Å². The minimum absolute atomic E-state index is 0.533. The molecule has 0 aliphatic heterocycles. The number of hydrogen-bond donors (Lipinski definition) is 1. The minimum atomic E-state index is -0.533. The number of benzene rings is 2. The van der Waals surface area contributed by atoms with Gasteiger partial charge in [0.2, 0.25) is 0 Å². The Morgan fingerprint density at radius 3 is 2.53 bits per heavy atom. The first-order valence-corrected chi connectivity index (χ1v) is 5.22. The molecule has 3 rings (SSSR count). The molecule has 1 N–H and O–H groups in total. The van der Waals surface area contributed by atoms with Gasteiger partial charge in [0.1, 0.15) is 6.10 Å². The van der Waals surface area contributed by atoms with Crippen LogP contribution in [0.25, 0.3) is 11.1 Å². The van der Waals surface area contributed by atoms with Gasteiger partial charge in [-0.05, 0) is 34.4 Å². The lowest BCUT2D eigenvalue weighted by Crippen LogP contribution is -1.92. The monoisotopic (exact) mass is 216 g/mol. The standard InChI is InChI=1S/C13H9ClO/c14-8-5-6-10-9-3-1-2-4-11(9)13(15)12(10)7-8/h1-7,13,15H. The quantitative estimate of drug-likeness (QED) is 0.716. The maximum atomic E-state index is 10.1. The summed E-state index contributed by atoms with van der Waals surface area (Å²) in [6.45, 7) is 0. The van der Waals surface area contributed by atoms with Crippen molar-refractivity contribution in [1.29, 1.82) is 0 Å². The van der Waals surface area contributed by atoms with Crippen molar-refractivity contribution in [1.82, 2.24) is 0 Å². The molecule has 1 aliphatic carbocycles. The zero-order valence-corrected chi connectivity index (χ0v) is 8.70. The van der Waals surface area contributed by atoms with Crippen molar-refractivity contribution < 1.29 is 5.11 Å². The minimum Gasteiger partial charge on any atom is -0.384 e. The Bertz CT molecular complexity index is 534. The molecule has 1 atom stereocenters. The van der Waals surface area contributed by atoms with Gasteiger partial charge in [-0.2, -0.15) is 0 Å². The summed E-state index contributed by atoms with van der Waals surface area (Å²) in [6.07, 6.45) is -0.533. The summed E-state index contributed by atoms with van der Waals surface area (Å²) in [5.74, 6) is 0. The maximum Gasteiger partial charge on any atom is 0.105 e. The summed E-state index contributed by atoms with van der Waals surface area (Å²) in [4.78, 5) is 0. The molecule has 0 radical (unpaired) electrons. The summed E-state index contributed by atoms with van der Waals surface area (Å²) in [7, 11) is 0. The van der Waals surface area contributed by atoms with E-state index in [0.717, 1.165) is 22.3 Å². The van der Waals surface area contributed by atoms with Crippen molar-refractivity contribution in [2.45, 2.75) is 6.10 Å². The largest absolute Gasteiger partial charge is 0.384 e. The third-order valence-corrected chi connectivity index (χ3v) is 3.09. The average molecular weight is 217 g/mol. The molecule has 0 spiro atoms. The zero-order valence-electron chi connectivity index (χ0n) is 7.94. The SMILES string of the molecule is OC1c2ccccc2-c2ccc(Cl)cc21. The lowest BCUT2D eigenvalue weighted by molar-refractivity contribution is 0.225. The van der Waals surface area contributed by atoms with Gasteiger partial charge < -0.3 is 5.11 Å². The van der Waals surface area contributed by atoms with Crippen LogP contribution in [-0.4, -0.2) is 5.11 Å².